The first kappa shape index (κ1) is 16.3. The molecule has 1 saturated heterocycles. The third-order valence-corrected chi connectivity index (χ3v) is 3.89. The van der Waals surface area contributed by atoms with E-state index >= 15 is 0 Å². The lowest BCUT2D eigenvalue weighted by Gasteiger charge is -2.53. The number of ether oxygens (including phenoxy) is 2. The largest absolute Gasteiger partial charge is 0.462 e. The highest BCUT2D eigenvalue weighted by atomic mass is 79.9. The Hall–Kier alpha value is -0.780. The van der Waals surface area contributed by atoms with Crippen LogP contribution in [-0.2, 0) is 14.3 Å². The molecular formula is C13H22BrNO4. The van der Waals surface area contributed by atoms with Gasteiger partial charge < -0.3 is 9.47 Å². The molecule has 0 aliphatic carbocycles. The molecule has 0 aromatic rings. The maximum atomic E-state index is 12.0. The Morgan fingerprint density at radius 2 is 1.68 bits per heavy atom. The van der Waals surface area contributed by atoms with Crippen molar-refractivity contribution in [3.05, 3.63) is 0 Å². The molecule has 1 rings (SSSR count). The molecule has 0 N–H and O–H groups in total. The first-order valence-corrected chi connectivity index (χ1v) is 7.40. The average Bonchev–Trinajstić information content (AvgIpc) is 2.24. The summed E-state index contributed by atoms with van der Waals surface area (Å²) < 4.78 is 10.3. The summed E-state index contributed by atoms with van der Waals surface area (Å²) in [7, 11) is 1.38. The number of amides is 1. The van der Waals surface area contributed by atoms with Crippen LogP contribution in [-0.4, -0.2) is 46.6 Å². The molecule has 5 nitrogen and oxygen atoms in total. The molecule has 6 heteroatoms. The van der Waals surface area contributed by atoms with E-state index < -0.39 is 11.1 Å². The maximum absolute atomic E-state index is 12.0. The van der Waals surface area contributed by atoms with Crippen molar-refractivity contribution in [3.8, 4) is 0 Å². The van der Waals surface area contributed by atoms with Gasteiger partial charge in [-0.2, -0.15) is 0 Å². The number of rotatable bonds is 2. The second-order valence-corrected chi connectivity index (χ2v) is 6.64. The van der Waals surface area contributed by atoms with Crippen molar-refractivity contribution in [2.45, 2.75) is 57.7 Å². The predicted molar refractivity (Wildman–Crippen MR) is 75.3 cm³/mol. The zero-order valence-electron chi connectivity index (χ0n) is 12.2. The van der Waals surface area contributed by atoms with E-state index in [2.05, 4.69) is 15.9 Å². The summed E-state index contributed by atoms with van der Waals surface area (Å²) >= 11 is 3.09. The van der Waals surface area contributed by atoms with Gasteiger partial charge in [0.15, 0.2) is 0 Å². The van der Waals surface area contributed by atoms with Crippen LogP contribution in [0.2, 0.25) is 0 Å². The molecule has 1 aliphatic rings. The molecular weight excluding hydrogens is 314 g/mol. The van der Waals surface area contributed by atoms with Gasteiger partial charge in [-0.15, -0.1) is 0 Å². The van der Waals surface area contributed by atoms with Gasteiger partial charge in [-0.3, -0.25) is 9.69 Å². The van der Waals surface area contributed by atoms with Crippen LogP contribution in [0, 0.1) is 0 Å². The summed E-state index contributed by atoms with van der Waals surface area (Å²) in [5.41, 5.74) is -0.849. The van der Waals surface area contributed by atoms with Crippen molar-refractivity contribution in [2.24, 2.45) is 0 Å². The van der Waals surface area contributed by atoms with Crippen molar-refractivity contribution < 1.29 is 19.1 Å². The van der Waals surface area contributed by atoms with Crippen molar-refractivity contribution in [3.63, 3.8) is 0 Å². The smallest absolute Gasteiger partial charge is 0.410 e. The monoisotopic (exact) mass is 335 g/mol. The molecule has 19 heavy (non-hydrogen) atoms. The Morgan fingerprint density at radius 3 is 2.05 bits per heavy atom. The zero-order valence-corrected chi connectivity index (χ0v) is 13.7. The number of hydrogen-bond donors (Lipinski definition) is 0. The molecule has 0 spiro atoms. The number of likely N-dealkylation sites (tertiary alicyclic amines) is 1. The molecule has 0 atom stereocenters. The SMILES string of the molecule is COC(=O)N1C(C)(C)CC(OC(=O)CBr)CC1(C)C. The van der Waals surface area contributed by atoms with Gasteiger partial charge in [-0.05, 0) is 27.7 Å². The van der Waals surface area contributed by atoms with Crippen molar-refractivity contribution in [1.82, 2.24) is 4.90 Å². The number of hydrogen-bond acceptors (Lipinski definition) is 4. The molecule has 0 unspecified atom stereocenters. The van der Waals surface area contributed by atoms with Crippen LogP contribution in [0.5, 0.6) is 0 Å². The summed E-state index contributed by atoms with van der Waals surface area (Å²) in [5.74, 6) is -0.275. The third-order valence-electron chi connectivity index (χ3n) is 3.43. The van der Waals surface area contributed by atoms with E-state index in [1.165, 1.54) is 7.11 Å². The summed E-state index contributed by atoms with van der Waals surface area (Å²) in [4.78, 5) is 25.1. The number of halogens is 1. The van der Waals surface area contributed by atoms with E-state index in [1.54, 1.807) is 4.90 Å². The lowest BCUT2D eigenvalue weighted by molar-refractivity contribution is -0.154. The summed E-state index contributed by atoms with van der Waals surface area (Å²) in [6, 6.07) is 0. The molecule has 0 aromatic carbocycles. The van der Waals surface area contributed by atoms with Crippen molar-refractivity contribution in [1.29, 1.82) is 0 Å². The standard InChI is InChI=1S/C13H22BrNO4/c1-12(2)6-9(19-10(16)8-14)7-13(3,4)15(12)11(17)18-5/h9H,6-8H2,1-5H3. The van der Waals surface area contributed by atoms with Gasteiger partial charge in [0.05, 0.1) is 7.11 Å². The van der Waals surface area contributed by atoms with Crippen LogP contribution in [0.3, 0.4) is 0 Å². The quantitative estimate of drug-likeness (QED) is 0.575. The van der Waals surface area contributed by atoms with E-state index in [1.807, 2.05) is 27.7 Å². The Bertz CT molecular complexity index is 350. The minimum atomic E-state index is -0.425. The highest BCUT2D eigenvalue weighted by Crippen LogP contribution is 2.40. The minimum Gasteiger partial charge on any atom is -0.462 e. The number of nitrogens with zero attached hydrogens (tertiary/aromatic N) is 1. The topological polar surface area (TPSA) is 55.8 Å². The fraction of sp³-hybridized carbons (Fsp3) is 0.846. The average molecular weight is 336 g/mol. The Morgan fingerprint density at radius 1 is 1.21 bits per heavy atom. The van der Waals surface area contributed by atoms with Gasteiger partial charge in [0.25, 0.3) is 0 Å². The first-order valence-electron chi connectivity index (χ1n) is 6.28. The van der Waals surface area contributed by atoms with Crippen molar-refractivity contribution in [2.75, 3.05) is 12.4 Å². The fourth-order valence-electron chi connectivity index (χ4n) is 3.07. The lowest BCUT2D eigenvalue weighted by atomic mass is 9.78. The zero-order chi connectivity index (χ0) is 14.8. The van der Waals surface area contributed by atoms with Crippen LogP contribution in [0.1, 0.15) is 40.5 Å². The maximum Gasteiger partial charge on any atom is 0.410 e. The Balaban J connectivity index is 2.93. The van der Waals surface area contributed by atoms with E-state index in [0.717, 1.165) is 0 Å². The second kappa shape index (κ2) is 5.69. The first-order chi connectivity index (χ1) is 8.64. The molecule has 0 saturated carbocycles. The molecule has 0 bridgehead atoms. The number of piperidine rings is 1. The van der Waals surface area contributed by atoms with Crippen LogP contribution < -0.4 is 0 Å². The minimum absolute atomic E-state index is 0.184. The normalized spacial score (nSPS) is 21.9. The summed E-state index contributed by atoms with van der Waals surface area (Å²) in [6.45, 7) is 7.83. The number of methoxy groups -OCH3 is 1. The van der Waals surface area contributed by atoms with Gasteiger partial charge in [0.2, 0.25) is 0 Å². The highest BCUT2D eigenvalue weighted by molar-refractivity contribution is 9.09. The molecule has 1 amide bonds. The molecule has 110 valence electrons. The molecule has 1 fully saturated rings. The van der Waals surface area contributed by atoms with E-state index in [-0.39, 0.29) is 23.5 Å². The van der Waals surface area contributed by atoms with E-state index in [0.29, 0.717) is 12.8 Å². The fourth-order valence-corrected chi connectivity index (χ4v) is 3.21. The van der Waals surface area contributed by atoms with E-state index in [4.69, 9.17) is 9.47 Å². The molecule has 0 aromatic heterocycles. The predicted octanol–water partition coefficient (Wildman–Crippen LogP) is 2.71. The molecule has 0 radical (unpaired) electrons. The van der Waals surface area contributed by atoms with Gasteiger partial charge in [0.1, 0.15) is 11.4 Å². The lowest BCUT2D eigenvalue weighted by Crippen LogP contribution is -2.64. The van der Waals surface area contributed by atoms with Gasteiger partial charge in [0, 0.05) is 23.9 Å². The van der Waals surface area contributed by atoms with Gasteiger partial charge in [-0.25, -0.2) is 4.79 Å². The highest BCUT2D eigenvalue weighted by Gasteiger charge is 2.49. The number of carbonyl (C=O) groups is 2. The summed E-state index contributed by atoms with van der Waals surface area (Å²) in [5, 5.41) is 0.186. The van der Waals surface area contributed by atoms with Crippen LogP contribution in [0.4, 0.5) is 4.79 Å². The van der Waals surface area contributed by atoms with Crippen molar-refractivity contribution >= 4 is 28.0 Å². The van der Waals surface area contributed by atoms with Gasteiger partial charge >= 0.3 is 12.1 Å². The van der Waals surface area contributed by atoms with Crippen LogP contribution in [0.15, 0.2) is 0 Å². The molecule has 1 aliphatic heterocycles. The Kier molecular flexibility index (Phi) is 4.87. The second-order valence-electron chi connectivity index (χ2n) is 6.08. The van der Waals surface area contributed by atoms with E-state index in [9.17, 15) is 9.59 Å². The number of carbonyl (C=O) groups excluding carboxylic acids is 2. The third kappa shape index (κ3) is 3.61. The van der Waals surface area contributed by atoms with Crippen LogP contribution >= 0.6 is 15.9 Å². The number of esters is 1. The number of alkyl halides is 1. The van der Waals surface area contributed by atoms with Crippen LogP contribution in [0.25, 0.3) is 0 Å². The molecule has 1 heterocycles. The Labute approximate surface area is 122 Å². The van der Waals surface area contributed by atoms with Gasteiger partial charge in [-0.1, -0.05) is 15.9 Å². The summed E-state index contributed by atoms with van der Waals surface area (Å²) in [6.07, 6.45) is 0.672.